The van der Waals surface area contributed by atoms with Crippen LogP contribution in [0.3, 0.4) is 0 Å². The fraction of sp³-hybridized carbons (Fsp3) is 0.160. The number of nitrogens with zero attached hydrogens (tertiary/aromatic N) is 3. The molecule has 1 saturated heterocycles. The summed E-state index contributed by atoms with van der Waals surface area (Å²) in [6.07, 6.45) is 1.78. The summed E-state index contributed by atoms with van der Waals surface area (Å²) in [7, 11) is 0. The summed E-state index contributed by atoms with van der Waals surface area (Å²) < 4.78 is 30.1. The topological polar surface area (TPSA) is 92.6 Å². The molecule has 0 radical (unpaired) electrons. The molecule has 0 saturated carbocycles. The maximum absolute atomic E-state index is 13.3. The van der Waals surface area contributed by atoms with Gasteiger partial charge in [0.25, 0.3) is 6.02 Å². The highest BCUT2D eigenvalue weighted by Crippen LogP contribution is 2.27. The molecular weight excluding hydrogens is 437 g/mol. The number of morpholine rings is 1. The molecule has 0 unspecified atom stereocenters. The van der Waals surface area contributed by atoms with Crippen molar-refractivity contribution in [1.82, 2.24) is 9.97 Å². The molecule has 0 bridgehead atoms. The van der Waals surface area contributed by atoms with Crippen LogP contribution in [0.25, 0.3) is 11.0 Å². The molecular formula is C25H22FN5O3. The molecule has 4 aromatic rings. The van der Waals surface area contributed by atoms with Crippen molar-refractivity contribution in [3.05, 3.63) is 78.7 Å². The van der Waals surface area contributed by atoms with Crippen molar-refractivity contribution in [3.8, 4) is 17.2 Å². The van der Waals surface area contributed by atoms with Gasteiger partial charge in [-0.3, -0.25) is 10.4 Å². The Labute approximate surface area is 195 Å². The number of anilines is 2. The average Bonchev–Trinajstić information content (AvgIpc) is 2.84. The van der Waals surface area contributed by atoms with Gasteiger partial charge in [-0.25, -0.2) is 9.37 Å². The SMILES string of the molecule is N=C(Nc1cccc(Oc2ccc3ncc(N4CCOCC4)nc3c2)c1)Oc1cccc(F)c1. The Kier molecular flexibility index (Phi) is 6.17. The summed E-state index contributed by atoms with van der Waals surface area (Å²) in [6, 6.07) is 18.0. The summed E-state index contributed by atoms with van der Waals surface area (Å²) in [6.45, 7) is 2.93. The van der Waals surface area contributed by atoms with E-state index in [2.05, 4.69) is 15.2 Å². The molecule has 1 aliphatic rings. The third-order valence-electron chi connectivity index (χ3n) is 5.18. The Balaban J connectivity index is 1.28. The zero-order chi connectivity index (χ0) is 23.3. The average molecular weight is 459 g/mol. The highest BCUT2D eigenvalue weighted by molar-refractivity contribution is 5.88. The van der Waals surface area contributed by atoms with Crippen LogP contribution in [0.1, 0.15) is 0 Å². The Hall–Kier alpha value is -4.24. The summed E-state index contributed by atoms with van der Waals surface area (Å²) in [5, 5.41) is 10.8. The lowest BCUT2D eigenvalue weighted by molar-refractivity contribution is 0.122. The first-order valence-corrected chi connectivity index (χ1v) is 10.8. The van der Waals surface area contributed by atoms with Gasteiger partial charge in [0.1, 0.15) is 28.9 Å². The number of amidine groups is 1. The van der Waals surface area contributed by atoms with E-state index in [1.54, 1.807) is 30.5 Å². The van der Waals surface area contributed by atoms with Crippen LogP contribution in [0.4, 0.5) is 15.9 Å². The summed E-state index contributed by atoms with van der Waals surface area (Å²) in [5.41, 5.74) is 2.11. The molecule has 0 atom stereocenters. The zero-order valence-electron chi connectivity index (χ0n) is 18.2. The van der Waals surface area contributed by atoms with Crippen LogP contribution in [0.2, 0.25) is 0 Å². The van der Waals surface area contributed by atoms with E-state index in [4.69, 9.17) is 24.6 Å². The number of fused-ring (bicyclic) bond motifs is 1. The van der Waals surface area contributed by atoms with Gasteiger partial charge < -0.3 is 24.4 Å². The number of hydrogen-bond acceptors (Lipinski definition) is 7. The number of halogens is 1. The lowest BCUT2D eigenvalue weighted by atomic mass is 10.2. The molecule has 5 rings (SSSR count). The van der Waals surface area contributed by atoms with Crippen LogP contribution in [0.5, 0.6) is 17.2 Å². The minimum absolute atomic E-state index is 0.235. The van der Waals surface area contributed by atoms with E-state index in [-0.39, 0.29) is 11.8 Å². The maximum atomic E-state index is 13.3. The van der Waals surface area contributed by atoms with Gasteiger partial charge in [0.2, 0.25) is 0 Å². The Morgan fingerprint density at radius 2 is 1.74 bits per heavy atom. The standard InChI is InChI=1S/C25H22FN5O3/c26-17-3-1-5-19(13-17)34-25(27)29-18-4-2-6-20(14-18)33-21-7-8-22-23(15-21)30-24(16-28-22)31-9-11-32-12-10-31/h1-8,13-16H,9-12H2,(H2,27,29). The molecule has 1 aliphatic heterocycles. The van der Waals surface area contributed by atoms with E-state index in [0.29, 0.717) is 30.4 Å². The number of aromatic nitrogens is 2. The number of hydrogen-bond donors (Lipinski definition) is 2. The molecule has 1 fully saturated rings. The van der Waals surface area contributed by atoms with Gasteiger partial charge in [-0.05, 0) is 36.4 Å². The molecule has 172 valence electrons. The summed E-state index contributed by atoms with van der Waals surface area (Å²) in [4.78, 5) is 11.4. The van der Waals surface area contributed by atoms with Crippen LogP contribution in [-0.4, -0.2) is 42.3 Å². The van der Waals surface area contributed by atoms with Gasteiger partial charge in [-0.1, -0.05) is 12.1 Å². The van der Waals surface area contributed by atoms with Crippen LogP contribution < -0.4 is 19.7 Å². The first-order valence-electron chi connectivity index (χ1n) is 10.8. The molecule has 0 amide bonds. The third kappa shape index (κ3) is 5.21. The van der Waals surface area contributed by atoms with Crippen molar-refractivity contribution in [2.75, 3.05) is 36.5 Å². The molecule has 9 heteroatoms. The second kappa shape index (κ2) is 9.72. The van der Waals surface area contributed by atoms with Crippen molar-refractivity contribution >= 4 is 28.6 Å². The van der Waals surface area contributed by atoms with E-state index >= 15 is 0 Å². The van der Waals surface area contributed by atoms with Crippen molar-refractivity contribution in [1.29, 1.82) is 5.41 Å². The second-order valence-corrected chi connectivity index (χ2v) is 7.62. The molecule has 1 aromatic heterocycles. The molecule has 2 N–H and O–H groups in total. The predicted octanol–water partition coefficient (Wildman–Crippen LogP) is 4.82. The Morgan fingerprint density at radius 1 is 0.941 bits per heavy atom. The number of rotatable bonds is 5. The van der Waals surface area contributed by atoms with Crippen molar-refractivity contribution in [3.63, 3.8) is 0 Å². The van der Waals surface area contributed by atoms with Gasteiger partial charge in [-0.15, -0.1) is 0 Å². The normalized spacial score (nSPS) is 13.5. The smallest absolute Gasteiger partial charge is 0.291 e. The maximum Gasteiger partial charge on any atom is 0.291 e. The number of ether oxygens (including phenoxy) is 3. The lowest BCUT2D eigenvalue weighted by Crippen LogP contribution is -2.36. The first-order chi connectivity index (χ1) is 16.6. The van der Waals surface area contributed by atoms with Gasteiger partial charge in [0.15, 0.2) is 0 Å². The van der Waals surface area contributed by atoms with Crippen LogP contribution in [0, 0.1) is 11.2 Å². The van der Waals surface area contributed by atoms with E-state index < -0.39 is 5.82 Å². The van der Waals surface area contributed by atoms with E-state index in [9.17, 15) is 4.39 Å². The number of benzene rings is 3. The summed E-state index contributed by atoms with van der Waals surface area (Å²) in [5.74, 6) is 1.80. The molecule has 8 nitrogen and oxygen atoms in total. The molecule has 34 heavy (non-hydrogen) atoms. The van der Waals surface area contributed by atoms with Crippen LogP contribution in [-0.2, 0) is 4.74 Å². The van der Waals surface area contributed by atoms with Gasteiger partial charge in [0, 0.05) is 37.0 Å². The minimum Gasteiger partial charge on any atom is -0.457 e. The first kappa shape index (κ1) is 21.6. The van der Waals surface area contributed by atoms with Crippen molar-refractivity contribution < 1.29 is 18.6 Å². The summed E-state index contributed by atoms with van der Waals surface area (Å²) >= 11 is 0. The second-order valence-electron chi connectivity index (χ2n) is 7.62. The molecule has 0 aliphatic carbocycles. The van der Waals surface area contributed by atoms with Crippen LogP contribution in [0.15, 0.2) is 72.9 Å². The fourth-order valence-electron chi connectivity index (χ4n) is 3.57. The Bertz CT molecular complexity index is 1330. The predicted molar refractivity (Wildman–Crippen MR) is 127 cm³/mol. The van der Waals surface area contributed by atoms with E-state index in [1.165, 1.54) is 18.2 Å². The molecule has 0 spiro atoms. The fourth-order valence-corrected chi connectivity index (χ4v) is 3.57. The van der Waals surface area contributed by atoms with Crippen molar-refractivity contribution in [2.45, 2.75) is 0 Å². The largest absolute Gasteiger partial charge is 0.457 e. The zero-order valence-corrected chi connectivity index (χ0v) is 18.2. The minimum atomic E-state index is -0.433. The third-order valence-corrected chi connectivity index (χ3v) is 5.18. The molecule has 3 aromatic carbocycles. The Morgan fingerprint density at radius 3 is 2.59 bits per heavy atom. The van der Waals surface area contributed by atoms with E-state index in [1.807, 2.05) is 24.3 Å². The van der Waals surface area contributed by atoms with Gasteiger partial charge in [-0.2, -0.15) is 0 Å². The van der Waals surface area contributed by atoms with Crippen molar-refractivity contribution in [2.24, 2.45) is 0 Å². The quantitative estimate of drug-likeness (QED) is 0.326. The lowest BCUT2D eigenvalue weighted by Gasteiger charge is -2.27. The highest BCUT2D eigenvalue weighted by atomic mass is 19.1. The number of nitrogens with one attached hydrogen (secondary N) is 2. The van der Waals surface area contributed by atoms with E-state index in [0.717, 1.165) is 29.9 Å². The van der Waals surface area contributed by atoms with Gasteiger partial charge >= 0.3 is 0 Å². The van der Waals surface area contributed by atoms with Crippen LogP contribution >= 0.6 is 0 Å². The van der Waals surface area contributed by atoms with Gasteiger partial charge in [0.05, 0.1) is 30.4 Å². The monoisotopic (exact) mass is 459 g/mol. The highest BCUT2D eigenvalue weighted by Gasteiger charge is 2.14. The molecule has 2 heterocycles.